The molecule has 0 fully saturated rings. The highest BCUT2D eigenvalue weighted by atomic mass is 32.1. The standard InChI is InChI=1S/C17H22N4OS/c1-11-5-7-12(8-6-11)13-9-14(21-20-13)18-16(23)19-15(22)10-17(2,3)4/h5-9H,10H2,1-4H3,(H3,18,19,20,21,22,23). The van der Waals surface area contributed by atoms with E-state index in [-0.39, 0.29) is 16.4 Å². The number of nitrogens with zero attached hydrogens (tertiary/aromatic N) is 1. The Hall–Kier alpha value is -2.21. The Labute approximate surface area is 141 Å². The minimum atomic E-state index is -0.107. The summed E-state index contributed by atoms with van der Waals surface area (Å²) in [6, 6.07) is 9.99. The predicted octanol–water partition coefficient (Wildman–Crippen LogP) is 3.63. The van der Waals surface area contributed by atoms with Gasteiger partial charge in [-0.1, -0.05) is 50.6 Å². The molecule has 0 bridgehead atoms. The van der Waals surface area contributed by atoms with E-state index < -0.39 is 0 Å². The van der Waals surface area contributed by atoms with Crippen molar-refractivity contribution in [2.24, 2.45) is 5.41 Å². The van der Waals surface area contributed by atoms with Crippen LogP contribution >= 0.6 is 12.2 Å². The zero-order chi connectivity index (χ0) is 17.0. The molecule has 3 N–H and O–H groups in total. The van der Waals surface area contributed by atoms with E-state index in [1.165, 1.54) is 5.56 Å². The van der Waals surface area contributed by atoms with Crippen LogP contribution in [-0.4, -0.2) is 21.2 Å². The van der Waals surface area contributed by atoms with Gasteiger partial charge < -0.3 is 10.6 Å². The van der Waals surface area contributed by atoms with Crippen LogP contribution in [-0.2, 0) is 4.79 Å². The van der Waals surface area contributed by atoms with E-state index in [0.29, 0.717) is 12.2 Å². The Kier molecular flexibility index (Phi) is 5.15. The lowest BCUT2D eigenvalue weighted by atomic mass is 9.92. The molecule has 0 radical (unpaired) electrons. The maximum Gasteiger partial charge on any atom is 0.226 e. The lowest BCUT2D eigenvalue weighted by Gasteiger charge is -2.17. The Morgan fingerprint density at radius 3 is 2.52 bits per heavy atom. The van der Waals surface area contributed by atoms with E-state index in [0.717, 1.165) is 11.3 Å². The first-order valence-corrected chi connectivity index (χ1v) is 7.87. The topological polar surface area (TPSA) is 69.8 Å². The van der Waals surface area contributed by atoms with Gasteiger partial charge in [0.05, 0.1) is 5.69 Å². The third-order valence-corrected chi connectivity index (χ3v) is 3.33. The lowest BCUT2D eigenvalue weighted by molar-refractivity contribution is -0.121. The summed E-state index contributed by atoms with van der Waals surface area (Å²) < 4.78 is 0. The van der Waals surface area contributed by atoms with Crippen LogP contribution in [0.1, 0.15) is 32.8 Å². The van der Waals surface area contributed by atoms with Gasteiger partial charge in [0, 0.05) is 12.5 Å². The number of aryl methyl sites for hydroxylation is 1. The van der Waals surface area contributed by atoms with Crippen molar-refractivity contribution in [3.63, 3.8) is 0 Å². The maximum atomic E-state index is 11.9. The van der Waals surface area contributed by atoms with Crippen LogP contribution in [0.5, 0.6) is 0 Å². The Morgan fingerprint density at radius 2 is 1.91 bits per heavy atom. The zero-order valence-corrected chi connectivity index (χ0v) is 14.7. The fourth-order valence-electron chi connectivity index (χ4n) is 2.07. The molecule has 0 aliphatic carbocycles. The van der Waals surface area contributed by atoms with Gasteiger partial charge in [0.15, 0.2) is 10.9 Å². The molecule has 23 heavy (non-hydrogen) atoms. The number of amides is 1. The second-order valence-electron chi connectivity index (χ2n) is 6.77. The first-order valence-electron chi connectivity index (χ1n) is 7.46. The number of aromatic amines is 1. The third kappa shape index (κ3) is 5.49. The van der Waals surface area contributed by atoms with Gasteiger partial charge in [-0.05, 0) is 30.1 Å². The van der Waals surface area contributed by atoms with Crippen molar-refractivity contribution < 1.29 is 4.79 Å². The number of carbonyl (C=O) groups is 1. The van der Waals surface area contributed by atoms with E-state index in [9.17, 15) is 4.79 Å². The molecule has 122 valence electrons. The fraction of sp³-hybridized carbons (Fsp3) is 0.353. The molecule has 0 saturated carbocycles. The van der Waals surface area contributed by atoms with Crippen molar-refractivity contribution >= 4 is 29.1 Å². The fourth-order valence-corrected chi connectivity index (χ4v) is 2.29. The number of hydrogen-bond acceptors (Lipinski definition) is 3. The van der Waals surface area contributed by atoms with Gasteiger partial charge in [-0.15, -0.1) is 0 Å². The number of rotatable bonds is 3. The van der Waals surface area contributed by atoms with Crippen molar-refractivity contribution in [3.8, 4) is 11.3 Å². The van der Waals surface area contributed by atoms with E-state index in [2.05, 4.69) is 20.8 Å². The van der Waals surface area contributed by atoms with Crippen molar-refractivity contribution in [2.75, 3.05) is 5.32 Å². The van der Waals surface area contributed by atoms with Crippen molar-refractivity contribution in [1.82, 2.24) is 15.5 Å². The van der Waals surface area contributed by atoms with Crippen LogP contribution in [0, 0.1) is 12.3 Å². The number of aromatic nitrogens is 2. The molecule has 2 rings (SSSR count). The summed E-state index contributed by atoms with van der Waals surface area (Å²) in [5.74, 6) is 0.464. The minimum Gasteiger partial charge on any atom is -0.316 e. The highest BCUT2D eigenvalue weighted by Crippen LogP contribution is 2.20. The minimum absolute atomic E-state index is 0.0787. The molecule has 1 amide bonds. The van der Waals surface area contributed by atoms with Gasteiger partial charge in [0.1, 0.15) is 0 Å². The van der Waals surface area contributed by atoms with Crippen molar-refractivity contribution in [1.29, 1.82) is 0 Å². The number of hydrogen-bond donors (Lipinski definition) is 3. The summed E-state index contributed by atoms with van der Waals surface area (Å²) >= 11 is 5.15. The average Bonchev–Trinajstić information content (AvgIpc) is 2.85. The van der Waals surface area contributed by atoms with Gasteiger partial charge in [0.2, 0.25) is 5.91 Å². The summed E-state index contributed by atoms with van der Waals surface area (Å²) in [6.07, 6.45) is 0.407. The van der Waals surface area contributed by atoms with Crippen LogP contribution in [0.2, 0.25) is 0 Å². The number of carbonyl (C=O) groups excluding carboxylic acids is 1. The van der Waals surface area contributed by atoms with Crippen LogP contribution in [0.25, 0.3) is 11.3 Å². The molecular weight excluding hydrogens is 308 g/mol. The smallest absolute Gasteiger partial charge is 0.226 e. The second-order valence-corrected chi connectivity index (χ2v) is 7.18. The first kappa shape index (κ1) is 17.1. The molecule has 1 aromatic carbocycles. The number of H-pyrrole nitrogens is 1. The summed E-state index contributed by atoms with van der Waals surface area (Å²) in [7, 11) is 0. The van der Waals surface area contributed by atoms with Crippen LogP contribution in [0.4, 0.5) is 5.82 Å². The van der Waals surface area contributed by atoms with Gasteiger partial charge in [-0.3, -0.25) is 9.89 Å². The van der Waals surface area contributed by atoms with Crippen LogP contribution < -0.4 is 10.6 Å². The molecule has 0 aliphatic heterocycles. The van der Waals surface area contributed by atoms with E-state index in [4.69, 9.17) is 12.2 Å². The predicted molar refractivity (Wildman–Crippen MR) is 97.2 cm³/mol. The molecule has 0 saturated heterocycles. The van der Waals surface area contributed by atoms with Gasteiger partial charge in [-0.2, -0.15) is 5.10 Å². The summed E-state index contributed by atoms with van der Waals surface area (Å²) in [4.78, 5) is 11.9. The summed E-state index contributed by atoms with van der Waals surface area (Å²) in [5.41, 5.74) is 3.05. The molecule has 0 unspecified atom stereocenters. The van der Waals surface area contributed by atoms with E-state index in [1.807, 2.05) is 58.0 Å². The Balaban J connectivity index is 1.95. The SMILES string of the molecule is Cc1ccc(-c2cc(NC(=S)NC(=O)CC(C)(C)C)n[nH]2)cc1. The maximum absolute atomic E-state index is 11.9. The molecular formula is C17H22N4OS. The molecule has 0 spiro atoms. The highest BCUT2D eigenvalue weighted by Gasteiger charge is 2.17. The molecule has 1 heterocycles. The number of nitrogens with one attached hydrogen (secondary N) is 3. The molecule has 5 nitrogen and oxygen atoms in total. The molecule has 1 aromatic heterocycles. The molecule has 0 atom stereocenters. The second kappa shape index (κ2) is 6.91. The first-order chi connectivity index (χ1) is 10.7. The highest BCUT2D eigenvalue weighted by molar-refractivity contribution is 7.80. The largest absolute Gasteiger partial charge is 0.316 e. The Bertz CT molecular complexity index is 698. The van der Waals surface area contributed by atoms with Crippen LogP contribution in [0.15, 0.2) is 30.3 Å². The Morgan fingerprint density at radius 1 is 1.26 bits per heavy atom. The van der Waals surface area contributed by atoms with E-state index >= 15 is 0 Å². The van der Waals surface area contributed by atoms with Crippen LogP contribution in [0.3, 0.4) is 0 Å². The zero-order valence-electron chi connectivity index (χ0n) is 13.9. The lowest BCUT2D eigenvalue weighted by Crippen LogP contribution is -2.36. The quantitative estimate of drug-likeness (QED) is 0.752. The normalized spacial score (nSPS) is 11.1. The third-order valence-electron chi connectivity index (χ3n) is 3.13. The molecule has 0 aliphatic rings. The molecule has 6 heteroatoms. The number of thiocarbonyl (C=S) groups is 1. The summed E-state index contributed by atoms with van der Waals surface area (Å²) in [5, 5.41) is 13.0. The average molecular weight is 330 g/mol. The van der Waals surface area contributed by atoms with Gasteiger partial charge >= 0.3 is 0 Å². The summed E-state index contributed by atoms with van der Waals surface area (Å²) in [6.45, 7) is 8.06. The van der Waals surface area contributed by atoms with Crippen molar-refractivity contribution in [3.05, 3.63) is 35.9 Å². The van der Waals surface area contributed by atoms with Crippen molar-refractivity contribution in [2.45, 2.75) is 34.1 Å². The number of benzene rings is 1. The monoisotopic (exact) mass is 330 g/mol. The number of anilines is 1. The van der Waals surface area contributed by atoms with Gasteiger partial charge in [-0.25, -0.2) is 0 Å². The van der Waals surface area contributed by atoms with E-state index in [1.54, 1.807) is 0 Å². The van der Waals surface area contributed by atoms with Gasteiger partial charge in [0.25, 0.3) is 0 Å². The molecule has 2 aromatic rings.